The van der Waals surface area contributed by atoms with Gasteiger partial charge in [0.2, 0.25) is 11.8 Å². The molecule has 0 spiro atoms. The van der Waals surface area contributed by atoms with Gasteiger partial charge in [-0.2, -0.15) is 0 Å². The minimum Gasteiger partial charge on any atom is -0.433 e. The number of aromatic nitrogens is 1. The summed E-state index contributed by atoms with van der Waals surface area (Å²) < 4.78 is 19.4. The fourth-order valence-electron chi connectivity index (χ4n) is 4.03. The zero-order chi connectivity index (χ0) is 21.3. The molecule has 1 N–H and O–H groups in total. The average Bonchev–Trinajstić information content (AvgIpc) is 3.41. The van der Waals surface area contributed by atoms with Crippen LogP contribution in [0.2, 0.25) is 0 Å². The minimum atomic E-state index is -0.456. The number of rotatable bonds is 5. The molecule has 0 aliphatic heterocycles. The Labute approximate surface area is 174 Å². The molecule has 1 fully saturated rings. The largest absolute Gasteiger partial charge is 0.433 e. The van der Waals surface area contributed by atoms with E-state index in [4.69, 9.17) is 4.42 Å². The number of oxazole rings is 1. The summed E-state index contributed by atoms with van der Waals surface area (Å²) in [5, 5.41) is 2.86. The summed E-state index contributed by atoms with van der Waals surface area (Å²) in [6.07, 6.45) is 2.29. The lowest BCUT2D eigenvalue weighted by molar-refractivity contribution is -0.124. The molecule has 2 atom stereocenters. The zero-order valence-corrected chi connectivity index (χ0v) is 17.0. The van der Waals surface area contributed by atoms with Crippen LogP contribution in [0.1, 0.15) is 36.5 Å². The SMILES string of the molecule is CCNC(=O)C1CC[C@H](N(C)C(=O)c2ccc(-c3nc4cccc(F)c4o3)cc2)C1. The van der Waals surface area contributed by atoms with Gasteiger partial charge >= 0.3 is 0 Å². The summed E-state index contributed by atoms with van der Waals surface area (Å²) >= 11 is 0. The molecule has 1 aliphatic carbocycles. The molecule has 7 heteroatoms. The molecule has 1 aliphatic rings. The van der Waals surface area contributed by atoms with Crippen LogP contribution < -0.4 is 5.32 Å². The van der Waals surface area contributed by atoms with Crippen LogP contribution in [0, 0.1) is 11.7 Å². The second-order valence-electron chi connectivity index (χ2n) is 7.66. The second-order valence-corrected chi connectivity index (χ2v) is 7.66. The van der Waals surface area contributed by atoms with E-state index in [0.29, 0.717) is 35.5 Å². The lowest BCUT2D eigenvalue weighted by Gasteiger charge is -2.25. The number of benzene rings is 2. The fraction of sp³-hybridized carbons (Fsp3) is 0.348. The molecule has 4 rings (SSSR count). The quantitative estimate of drug-likeness (QED) is 0.691. The van der Waals surface area contributed by atoms with E-state index in [0.717, 1.165) is 12.8 Å². The summed E-state index contributed by atoms with van der Waals surface area (Å²) in [5.74, 6) is -0.205. The lowest BCUT2D eigenvalue weighted by Crippen LogP contribution is -2.36. The number of carbonyl (C=O) groups excluding carboxylic acids is 2. The second kappa shape index (κ2) is 8.26. The van der Waals surface area contributed by atoms with Crippen molar-refractivity contribution >= 4 is 22.9 Å². The third kappa shape index (κ3) is 3.79. The van der Waals surface area contributed by atoms with Crippen molar-refractivity contribution in [1.82, 2.24) is 15.2 Å². The molecule has 1 heterocycles. The summed E-state index contributed by atoms with van der Waals surface area (Å²) in [6.45, 7) is 2.52. The number of hydrogen-bond acceptors (Lipinski definition) is 4. The van der Waals surface area contributed by atoms with Gasteiger partial charge in [-0.1, -0.05) is 6.07 Å². The number of hydrogen-bond donors (Lipinski definition) is 1. The predicted molar refractivity (Wildman–Crippen MR) is 111 cm³/mol. The Bertz CT molecular complexity index is 1080. The number of amides is 2. The third-order valence-electron chi connectivity index (χ3n) is 5.74. The van der Waals surface area contributed by atoms with Crippen LogP contribution in [0.4, 0.5) is 4.39 Å². The number of para-hydroxylation sites is 1. The standard InChI is InChI=1S/C23H24FN3O3/c1-3-25-21(28)16-11-12-17(13-16)27(2)23(29)15-9-7-14(8-10-15)22-26-19-6-4-5-18(24)20(19)30-22/h4-10,16-17H,3,11-13H2,1-2H3,(H,25,28)/t16?,17-/m0/s1. The maximum absolute atomic E-state index is 13.8. The highest BCUT2D eigenvalue weighted by Crippen LogP contribution is 2.30. The molecule has 3 aromatic rings. The number of nitrogens with one attached hydrogen (secondary N) is 1. The highest BCUT2D eigenvalue weighted by atomic mass is 19.1. The van der Waals surface area contributed by atoms with Crippen molar-refractivity contribution in [2.75, 3.05) is 13.6 Å². The summed E-state index contributed by atoms with van der Waals surface area (Å²) in [5.41, 5.74) is 1.79. The number of nitrogens with zero attached hydrogens (tertiary/aromatic N) is 2. The van der Waals surface area contributed by atoms with Crippen LogP contribution >= 0.6 is 0 Å². The Hall–Kier alpha value is -3.22. The zero-order valence-electron chi connectivity index (χ0n) is 17.0. The van der Waals surface area contributed by atoms with Gasteiger partial charge in [0, 0.05) is 36.7 Å². The normalized spacial score (nSPS) is 18.5. The first-order chi connectivity index (χ1) is 14.5. The van der Waals surface area contributed by atoms with Crippen molar-refractivity contribution in [2.45, 2.75) is 32.2 Å². The van der Waals surface area contributed by atoms with Gasteiger partial charge in [0.15, 0.2) is 11.4 Å². The lowest BCUT2D eigenvalue weighted by atomic mass is 10.1. The van der Waals surface area contributed by atoms with Crippen molar-refractivity contribution in [1.29, 1.82) is 0 Å². The summed E-state index contributed by atoms with van der Waals surface area (Å²) in [7, 11) is 1.78. The van der Waals surface area contributed by atoms with Gasteiger partial charge in [0.05, 0.1) is 0 Å². The molecule has 2 amide bonds. The van der Waals surface area contributed by atoms with E-state index < -0.39 is 5.82 Å². The van der Waals surface area contributed by atoms with E-state index in [1.54, 1.807) is 48.3 Å². The maximum Gasteiger partial charge on any atom is 0.253 e. The van der Waals surface area contributed by atoms with E-state index in [1.165, 1.54) is 6.07 Å². The molecule has 1 saturated carbocycles. The van der Waals surface area contributed by atoms with Gasteiger partial charge in [-0.25, -0.2) is 9.37 Å². The molecular weight excluding hydrogens is 385 g/mol. The highest BCUT2D eigenvalue weighted by molar-refractivity contribution is 5.95. The highest BCUT2D eigenvalue weighted by Gasteiger charge is 2.33. The number of halogens is 1. The number of carbonyl (C=O) groups is 2. The van der Waals surface area contributed by atoms with E-state index in [1.807, 2.05) is 6.92 Å². The van der Waals surface area contributed by atoms with Gasteiger partial charge in [0.25, 0.3) is 5.91 Å². The Kier molecular flexibility index (Phi) is 5.53. The Morgan fingerprint density at radius 3 is 2.67 bits per heavy atom. The Balaban J connectivity index is 1.46. The third-order valence-corrected chi connectivity index (χ3v) is 5.74. The minimum absolute atomic E-state index is 0.0351. The predicted octanol–water partition coefficient (Wildman–Crippen LogP) is 4.01. The first-order valence-electron chi connectivity index (χ1n) is 10.2. The molecule has 1 aromatic heterocycles. The van der Waals surface area contributed by atoms with Gasteiger partial charge < -0.3 is 14.6 Å². The smallest absolute Gasteiger partial charge is 0.253 e. The van der Waals surface area contributed by atoms with Gasteiger partial charge in [-0.3, -0.25) is 9.59 Å². The molecule has 156 valence electrons. The summed E-state index contributed by atoms with van der Waals surface area (Å²) in [4.78, 5) is 31.0. The Morgan fingerprint density at radius 1 is 1.20 bits per heavy atom. The molecule has 30 heavy (non-hydrogen) atoms. The van der Waals surface area contributed by atoms with Gasteiger partial charge in [0.1, 0.15) is 5.52 Å². The molecule has 2 aromatic carbocycles. The van der Waals surface area contributed by atoms with Crippen LogP contribution in [-0.4, -0.2) is 41.3 Å². The summed E-state index contributed by atoms with van der Waals surface area (Å²) in [6, 6.07) is 11.6. The average molecular weight is 409 g/mol. The van der Waals surface area contributed by atoms with E-state index >= 15 is 0 Å². The van der Waals surface area contributed by atoms with Gasteiger partial charge in [-0.05, 0) is 62.6 Å². The topological polar surface area (TPSA) is 75.4 Å². The van der Waals surface area contributed by atoms with Crippen LogP contribution in [0.5, 0.6) is 0 Å². The number of fused-ring (bicyclic) bond motifs is 1. The fourth-order valence-corrected chi connectivity index (χ4v) is 4.03. The van der Waals surface area contributed by atoms with Gasteiger partial charge in [-0.15, -0.1) is 0 Å². The van der Waals surface area contributed by atoms with Crippen molar-refractivity contribution < 1.29 is 18.4 Å². The van der Waals surface area contributed by atoms with Crippen LogP contribution in [-0.2, 0) is 4.79 Å². The van der Waals surface area contributed by atoms with Crippen molar-refractivity contribution in [3.8, 4) is 11.5 Å². The van der Waals surface area contributed by atoms with Crippen LogP contribution in [0.15, 0.2) is 46.9 Å². The van der Waals surface area contributed by atoms with Crippen molar-refractivity contribution in [3.05, 3.63) is 53.8 Å². The Morgan fingerprint density at radius 2 is 1.97 bits per heavy atom. The first kappa shape index (κ1) is 20.1. The molecular formula is C23H24FN3O3. The first-order valence-corrected chi connectivity index (χ1v) is 10.2. The monoisotopic (exact) mass is 409 g/mol. The van der Waals surface area contributed by atoms with Crippen molar-refractivity contribution in [3.63, 3.8) is 0 Å². The van der Waals surface area contributed by atoms with E-state index in [2.05, 4.69) is 10.3 Å². The maximum atomic E-state index is 13.8. The van der Waals surface area contributed by atoms with Crippen LogP contribution in [0.3, 0.4) is 0 Å². The van der Waals surface area contributed by atoms with E-state index in [9.17, 15) is 14.0 Å². The van der Waals surface area contributed by atoms with E-state index in [-0.39, 0.29) is 29.4 Å². The molecule has 1 unspecified atom stereocenters. The molecule has 0 bridgehead atoms. The van der Waals surface area contributed by atoms with Crippen molar-refractivity contribution in [2.24, 2.45) is 5.92 Å². The molecule has 0 radical (unpaired) electrons. The molecule has 6 nitrogen and oxygen atoms in total. The van der Waals surface area contributed by atoms with Crippen LogP contribution in [0.25, 0.3) is 22.6 Å². The molecule has 0 saturated heterocycles.